The second-order valence-corrected chi connectivity index (χ2v) is 6.82. The number of para-hydroxylation sites is 1. The fourth-order valence-corrected chi connectivity index (χ4v) is 3.24. The summed E-state index contributed by atoms with van der Waals surface area (Å²) in [5.41, 5.74) is 3.48. The number of carbonyl (C=O) groups is 1. The van der Waals surface area contributed by atoms with Crippen LogP contribution in [0, 0.1) is 0 Å². The summed E-state index contributed by atoms with van der Waals surface area (Å²) in [6.45, 7) is 2.82. The maximum absolute atomic E-state index is 12.2. The summed E-state index contributed by atoms with van der Waals surface area (Å²) in [7, 11) is 0. The fourth-order valence-electron chi connectivity index (χ4n) is 2.97. The highest BCUT2D eigenvalue weighted by atomic mass is 79.9. The molecule has 23 heavy (non-hydrogen) atoms. The van der Waals surface area contributed by atoms with Crippen molar-refractivity contribution in [1.82, 2.24) is 5.32 Å². The zero-order chi connectivity index (χ0) is 16.1. The smallest absolute Gasteiger partial charge is 0.224 e. The van der Waals surface area contributed by atoms with Gasteiger partial charge in [0.05, 0.1) is 6.42 Å². The number of halogens is 1. The van der Waals surface area contributed by atoms with Gasteiger partial charge in [0.1, 0.15) is 0 Å². The quantitative estimate of drug-likeness (QED) is 0.862. The van der Waals surface area contributed by atoms with Crippen molar-refractivity contribution in [2.24, 2.45) is 0 Å². The van der Waals surface area contributed by atoms with Gasteiger partial charge in [-0.1, -0.05) is 46.3 Å². The normalized spacial score (nSPS) is 14.0. The SMILES string of the molecule is O=C(Cc1ccc(Br)cc1)NCc1ccccc1N1CCCC1. The molecule has 1 fully saturated rings. The van der Waals surface area contributed by atoms with E-state index in [2.05, 4.69) is 44.3 Å². The van der Waals surface area contributed by atoms with Gasteiger partial charge in [0.15, 0.2) is 0 Å². The summed E-state index contributed by atoms with van der Waals surface area (Å²) < 4.78 is 1.03. The van der Waals surface area contributed by atoms with Crippen LogP contribution in [0.15, 0.2) is 53.0 Å². The van der Waals surface area contributed by atoms with Crippen LogP contribution in [0.1, 0.15) is 24.0 Å². The predicted molar refractivity (Wildman–Crippen MR) is 97.6 cm³/mol. The van der Waals surface area contributed by atoms with Crippen LogP contribution in [0.25, 0.3) is 0 Å². The van der Waals surface area contributed by atoms with Gasteiger partial charge in [-0.05, 0) is 42.2 Å². The first-order chi connectivity index (χ1) is 11.2. The van der Waals surface area contributed by atoms with Crippen LogP contribution in [-0.2, 0) is 17.8 Å². The van der Waals surface area contributed by atoms with E-state index in [-0.39, 0.29) is 5.91 Å². The molecule has 0 radical (unpaired) electrons. The van der Waals surface area contributed by atoms with Crippen LogP contribution < -0.4 is 10.2 Å². The van der Waals surface area contributed by atoms with Crippen molar-refractivity contribution in [1.29, 1.82) is 0 Å². The van der Waals surface area contributed by atoms with Gasteiger partial charge in [0.2, 0.25) is 5.91 Å². The van der Waals surface area contributed by atoms with E-state index in [1.807, 2.05) is 30.3 Å². The minimum Gasteiger partial charge on any atom is -0.371 e. The zero-order valence-electron chi connectivity index (χ0n) is 13.1. The average molecular weight is 373 g/mol. The first-order valence-corrected chi connectivity index (χ1v) is 8.86. The van der Waals surface area contributed by atoms with Gasteiger partial charge in [0, 0.05) is 29.8 Å². The number of benzene rings is 2. The third-order valence-electron chi connectivity index (χ3n) is 4.19. The topological polar surface area (TPSA) is 32.3 Å². The summed E-state index contributed by atoms with van der Waals surface area (Å²) in [5.74, 6) is 0.0588. The molecular weight excluding hydrogens is 352 g/mol. The average Bonchev–Trinajstić information content (AvgIpc) is 3.10. The van der Waals surface area contributed by atoms with Crippen LogP contribution in [0.2, 0.25) is 0 Å². The Morgan fingerprint density at radius 3 is 2.48 bits per heavy atom. The van der Waals surface area contributed by atoms with E-state index in [4.69, 9.17) is 0 Å². The highest BCUT2D eigenvalue weighted by Crippen LogP contribution is 2.24. The Bertz CT molecular complexity index is 663. The third-order valence-corrected chi connectivity index (χ3v) is 4.72. The molecule has 1 heterocycles. The van der Waals surface area contributed by atoms with Crippen molar-refractivity contribution in [3.8, 4) is 0 Å². The standard InChI is InChI=1S/C19H21BrN2O/c20-17-9-7-15(8-10-17)13-19(23)21-14-16-5-1-2-6-18(16)22-11-3-4-12-22/h1-2,5-10H,3-4,11-14H2,(H,21,23). The van der Waals surface area contributed by atoms with Gasteiger partial charge < -0.3 is 10.2 Å². The number of carbonyl (C=O) groups excluding carboxylic acids is 1. The molecule has 4 heteroatoms. The lowest BCUT2D eigenvalue weighted by Crippen LogP contribution is -2.26. The molecule has 3 rings (SSSR count). The van der Waals surface area contributed by atoms with Crippen molar-refractivity contribution in [3.05, 3.63) is 64.1 Å². The van der Waals surface area contributed by atoms with Crippen molar-refractivity contribution in [3.63, 3.8) is 0 Å². The summed E-state index contributed by atoms with van der Waals surface area (Å²) >= 11 is 3.41. The van der Waals surface area contributed by atoms with E-state index in [1.54, 1.807) is 0 Å². The summed E-state index contributed by atoms with van der Waals surface area (Å²) in [6, 6.07) is 16.2. The molecule has 1 aliphatic heterocycles. The van der Waals surface area contributed by atoms with Crippen LogP contribution in [0.5, 0.6) is 0 Å². The molecule has 0 unspecified atom stereocenters. The monoisotopic (exact) mass is 372 g/mol. The summed E-state index contributed by atoms with van der Waals surface area (Å²) in [4.78, 5) is 14.6. The van der Waals surface area contributed by atoms with E-state index >= 15 is 0 Å². The molecule has 1 aliphatic rings. The molecule has 0 aromatic heterocycles. The second kappa shape index (κ2) is 7.64. The highest BCUT2D eigenvalue weighted by Gasteiger charge is 2.15. The molecule has 0 bridgehead atoms. The largest absolute Gasteiger partial charge is 0.371 e. The van der Waals surface area contributed by atoms with Crippen molar-refractivity contribution >= 4 is 27.5 Å². The molecule has 0 atom stereocenters. The minimum absolute atomic E-state index is 0.0588. The number of anilines is 1. The molecule has 120 valence electrons. The van der Waals surface area contributed by atoms with Gasteiger partial charge in [-0.2, -0.15) is 0 Å². The number of nitrogens with zero attached hydrogens (tertiary/aromatic N) is 1. The number of rotatable bonds is 5. The van der Waals surface area contributed by atoms with Gasteiger partial charge >= 0.3 is 0 Å². The van der Waals surface area contributed by atoms with Crippen LogP contribution in [-0.4, -0.2) is 19.0 Å². The Hall–Kier alpha value is -1.81. The molecular formula is C19H21BrN2O. The molecule has 0 aliphatic carbocycles. The molecule has 2 aromatic rings. The number of amides is 1. The summed E-state index contributed by atoms with van der Waals surface area (Å²) in [5, 5.41) is 3.05. The molecule has 1 saturated heterocycles. The summed E-state index contributed by atoms with van der Waals surface area (Å²) in [6.07, 6.45) is 2.92. The van der Waals surface area contributed by atoms with Crippen LogP contribution >= 0.6 is 15.9 Å². The van der Waals surface area contributed by atoms with Crippen LogP contribution in [0.3, 0.4) is 0 Å². The minimum atomic E-state index is 0.0588. The van der Waals surface area contributed by atoms with Crippen molar-refractivity contribution in [2.45, 2.75) is 25.8 Å². The molecule has 0 spiro atoms. The molecule has 0 saturated carbocycles. The first kappa shape index (κ1) is 16.1. The number of hydrogen-bond acceptors (Lipinski definition) is 2. The lowest BCUT2D eigenvalue weighted by atomic mass is 10.1. The Labute approximate surface area is 145 Å². The van der Waals surface area contributed by atoms with E-state index in [0.29, 0.717) is 13.0 Å². The molecule has 3 nitrogen and oxygen atoms in total. The second-order valence-electron chi connectivity index (χ2n) is 5.90. The third kappa shape index (κ3) is 4.35. The molecule has 2 aromatic carbocycles. The Morgan fingerprint density at radius 1 is 1.04 bits per heavy atom. The maximum atomic E-state index is 12.2. The van der Waals surface area contributed by atoms with E-state index < -0.39 is 0 Å². The zero-order valence-corrected chi connectivity index (χ0v) is 14.7. The lowest BCUT2D eigenvalue weighted by Gasteiger charge is -2.21. The van der Waals surface area contributed by atoms with Crippen molar-refractivity contribution < 1.29 is 4.79 Å². The highest BCUT2D eigenvalue weighted by molar-refractivity contribution is 9.10. The van der Waals surface area contributed by atoms with Gasteiger partial charge in [-0.15, -0.1) is 0 Å². The number of nitrogens with one attached hydrogen (secondary N) is 1. The maximum Gasteiger partial charge on any atom is 0.224 e. The Morgan fingerprint density at radius 2 is 1.74 bits per heavy atom. The molecule has 1 amide bonds. The van der Waals surface area contributed by atoms with Gasteiger partial charge in [-0.3, -0.25) is 4.79 Å². The van der Waals surface area contributed by atoms with Crippen LogP contribution in [0.4, 0.5) is 5.69 Å². The van der Waals surface area contributed by atoms with E-state index in [0.717, 1.165) is 23.1 Å². The van der Waals surface area contributed by atoms with Crippen molar-refractivity contribution in [2.75, 3.05) is 18.0 Å². The van der Waals surface area contributed by atoms with E-state index in [1.165, 1.54) is 24.1 Å². The molecule has 1 N–H and O–H groups in total. The van der Waals surface area contributed by atoms with Gasteiger partial charge in [0.25, 0.3) is 0 Å². The van der Waals surface area contributed by atoms with E-state index in [9.17, 15) is 4.79 Å². The lowest BCUT2D eigenvalue weighted by molar-refractivity contribution is -0.120. The first-order valence-electron chi connectivity index (χ1n) is 8.06. The Kier molecular flexibility index (Phi) is 5.34. The Balaban J connectivity index is 1.59. The number of hydrogen-bond donors (Lipinski definition) is 1. The van der Waals surface area contributed by atoms with Gasteiger partial charge in [-0.25, -0.2) is 0 Å². The predicted octanol–water partition coefficient (Wildman–Crippen LogP) is 3.91. The fraction of sp³-hybridized carbons (Fsp3) is 0.316.